The highest BCUT2D eigenvalue weighted by Gasteiger charge is 2.10. The third-order valence-electron chi connectivity index (χ3n) is 1.52. The van der Waals surface area contributed by atoms with Crippen molar-refractivity contribution >= 4 is 33.2 Å². The molecular weight excluding hydrogens is 252 g/mol. The number of nitrogens with two attached hydrogens (primary N) is 1. The second-order valence-corrected chi connectivity index (χ2v) is 4.57. The fourth-order valence-electron chi connectivity index (χ4n) is 0.786. The number of hydrogen-bond acceptors (Lipinski definition) is 3. The zero-order valence-corrected chi connectivity index (χ0v) is 9.61. The Morgan fingerprint density at radius 1 is 1.85 bits per heavy atom. The maximum atomic E-state index is 11.5. The maximum Gasteiger partial charge on any atom is 0.261 e. The van der Waals surface area contributed by atoms with E-state index in [1.807, 2.05) is 12.3 Å². The van der Waals surface area contributed by atoms with E-state index in [1.165, 1.54) is 11.3 Å². The Hall–Kier alpha value is -0.390. The molecule has 0 saturated heterocycles. The number of carbonyl (C=O) groups excluding carboxylic acids is 1. The average Bonchev–Trinajstić information content (AvgIpc) is 2.51. The lowest BCUT2D eigenvalue weighted by atomic mass is 10.3. The van der Waals surface area contributed by atoms with Gasteiger partial charge in [-0.25, -0.2) is 0 Å². The Balaban J connectivity index is 2.58. The highest BCUT2D eigenvalue weighted by atomic mass is 79.9. The molecule has 0 unspecified atom stereocenters. The Bertz CT molecular complexity index is 300. The molecule has 0 fully saturated rings. The number of thiophene rings is 1. The van der Waals surface area contributed by atoms with Crippen molar-refractivity contribution in [2.75, 3.05) is 6.54 Å². The number of hydrogen-bond donors (Lipinski definition) is 2. The van der Waals surface area contributed by atoms with E-state index in [0.29, 0.717) is 11.4 Å². The van der Waals surface area contributed by atoms with E-state index in [-0.39, 0.29) is 11.9 Å². The number of carbonyl (C=O) groups is 1. The molecule has 5 heteroatoms. The quantitative estimate of drug-likeness (QED) is 0.870. The van der Waals surface area contributed by atoms with E-state index in [2.05, 4.69) is 21.2 Å². The molecule has 0 aliphatic rings. The van der Waals surface area contributed by atoms with E-state index in [9.17, 15) is 4.79 Å². The van der Waals surface area contributed by atoms with Crippen molar-refractivity contribution in [1.29, 1.82) is 0 Å². The molecule has 0 radical (unpaired) electrons. The summed E-state index contributed by atoms with van der Waals surface area (Å²) in [5.74, 6) is -0.0614. The van der Waals surface area contributed by atoms with Crippen LogP contribution in [0.5, 0.6) is 0 Å². The lowest BCUT2D eigenvalue weighted by Gasteiger charge is -2.09. The van der Waals surface area contributed by atoms with E-state index < -0.39 is 0 Å². The molecule has 3 N–H and O–H groups in total. The summed E-state index contributed by atoms with van der Waals surface area (Å²) in [6.45, 7) is 2.33. The van der Waals surface area contributed by atoms with Gasteiger partial charge in [0, 0.05) is 22.4 Å². The SMILES string of the molecule is C[C@H](CN)NC(=O)c1cc(Br)cs1. The summed E-state index contributed by atoms with van der Waals surface area (Å²) >= 11 is 4.70. The summed E-state index contributed by atoms with van der Waals surface area (Å²) in [7, 11) is 0. The van der Waals surface area contributed by atoms with Crippen LogP contribution in [0.25, 0.3) is 0 Å². The van der Waals surface area contributed by atoms with E-state index >= 15 is 0 Å². The topological polar surface area (TPSA) is 55.1 Å². The van der Waals surface area contributed by atoms with Gasteiger partial charge < -0.3 is 11.1 Å². The summed E-state index contributed by atoms with van der Waals surface area (Å²) in [6, 6.07) is 1.82. The molecule has 0 spiro atoms. The van der Waals surface area contributed by atoms with Crippen molar-refractivity contribution in [1.82, 2.24) is 5.32 Å². The van der Waals surface area contributed by atoms with Gasteiger partial charge in [-0.05, 0) is 28.9 Å². The first-order chi connectivity index (χ1) is 6.13. The average molecular weight is 263 g/mol. The van der Waals surface area contributed by atoms with Gasteiger partial charge in [0.1, 0.15) is 0 Å². The van der Waals surface area contributed by atoms with Gasteiger partial charge in [0.15, 0.2) is 0 Å². The number of amides is 1. The summed E-state index contributed by atoms with van der Waals surface area (Å²) in [6.07, 6.45) is 0. The standard InChI is InChI=1S/C8H11BrN2OS/c1-5(3-10)11-8(12)7-2-6(9)4-13-7/h2,4-5H,3,10H2,1H3,(H,11,12)/t5-/m1/s1. The molecule has 1 atom stereocenters. The van der Waals surface area contributed by atoms with Crippen molar-refractivity contribution in [2.45, 2.75) is 13.0 Å². The van der Waals surface area contributed by atoms with Gasteiger partial charge in [0.2, 0.25) is 0 Å². The first-order valence-corrected chi connectivity index (χ1v) is 5.55. The lowest BCUT2D eigenvalue weighted by molar-refractivity contribution is 0.0945. The Morgan fingerprint density at radius 2 is 2.54 bits per heavy atom. The van der Waals surface area contributed by atoms with Crippen molar-refractivity contribution in [3.63, 3.8) is 0 Å². The second kappa shape index (κ2) is 4.74. The molecule has 13 heavy (non-hydrogen) atoms. The van der Waals surface area contributed by atoms with Gasteiger partial charge in [0.25, 0.3) is 5.91 Å². The number of halogens is 1. The highest BCUT2D eigenvalue weighted by Crippen LogP contribution is 2.19. The molecule has 0 aliphatic carbocycles. The predicted octanol–water partition coefficient (Wildman–Crippen LogP) is 1.59. The first kappa shape index (κ1) is 10.7. The van der Waals surface area contributed by atoms with Crippen LogP contribution in [0.1, 0.15) is 16.6 Å². The largest absolute Gasteiger partial charge is 0.348 e. The van der Waals surface area contributed by atoms with Gasteiger partial charge in [-0.15, -0.1) is 11.3 Å². The molecule has 1 aromatic rings. The third-order valence-corrected chi connectivity index (χ3v) is 3.21. The zero-order chi connectivity index (χ0) is 9.84. The summed E-state index contributed by atoms with van der Waals surface area (Å²) in [5, 5.41) is 4.66. The molecule has 3 nitrogen and oxygen atoms in total. The minimum atomic E-state index is -0.0614. The molecule has 1 amide bonds. The van der Waals surface area contributed by atoms with Crippen LogP contribution in [0.4, 0.5) is 0 Å². The molecule has 1 aromatic heterocycles. The molecule has 0 bridgehead atoms. The fourth-order valence-corrected chi connectivity index (χ4v) is 2.12. The predicted molar refractivity (Wildman–Crippen MR) is 58.0 cm³/mol. The molecule has 0 aliphatic heterocycles. The van der Waals surface area contributed by atoms with Gasteiger partial charge in [-0.2, -0.15) is 0 Å². The Labute approximate surface area is 89.5 Å². The van der Waals surface area contributed by atoms with Crippen LogP contribution < -0.4 is 11.1 Å². The van der Waals surface area contributed by atoms with Crippen molar-refractivity contribution in [3.8, 4) is 0 Å². The maximum absolute atomic E-state index is 11.5. The first-order valence-electron chi connectivity index (χ1n) is 3.88. The Morgan fingerprint density at radius 3 is 3.00 bits per heavy atom. The fraction of sp³-hybridized carbons (Fsp3) is 0.375. The van der Waals surface area contributed by atoms with E-state index in [4.69, 9.17) is 5.73 Å². The highest BCUT2D eigenvalue weighted by molar-refractivity contribution is 9.10. The minimum absolute atomic E-state index is 0.0216. The molecule has 0 aromatic carbocycles. The normalized spacial score (nSPS) is 12.5. The van der Waals surface area contributed by atoms with Crippen molar-refractivity contribution < 1.29 is 4.79 Å². The van der Waals surface area contributed by atoms with Crippen molar-refractivity contribution in [2.24, 2.45) is 5.73 Å². The lowest BCUT2D eigenvalue weighted by Crippen LogP contribution is -2.37. The molecule has 1 rings (SSSR count). The van der Waals surface area contributed by atoms with Gasteiger partial charge >= 0.3 is 0 Å². The number of nitrogens with one attached hydrogen (secondary N) is 1. The van der Waals surface area contributed by atoms with Crippen LogP contribution in [0.3, 0.4) is 0 Å². The van der Waals surface area contributed by atoms with Gasteiger partial charge in [-0.3, -0.25) is 4.79 Å². The summed E-state index contributed by atoms with van der Waals surface area (Å²) in [5.41, 5.74) is 5.38. The van der Waals surface area contributed by atoms with Crippen LogP contribution in [0, 0.1) is 0 Å². The summed E-state index contributed by atoms with van der Waals surface area (Å²) < 4.78 is 0.933. The second-order valence-electron chi connectivity index (χ2n) is 2.74. The van der Waals surface area contributed by atoms with Gasteiger partial charge in [-0.1, -0.05) is 0 Å². The minimum Gasteiger partial charge on any atom is -0.348 e. The molecular formula is C8H11BrN2OS. The van der Waals surface area contributed by atoms with Crippen LogP contribution >= 0.6 is 27.3 Å². The van der Waals surface area contributed by atoms with E-state index in [1.54, 1.807) is 6.07 Å². The number of rotatable bonds is 3. The molecule has 0 saturated carbocycles. The van der Waals surface area contributed by atoms with Gasteiger partial charge in [0.05, 0.1) is 4.88 Å². The van der Waals surface area contributed by atoms with Crippen molar-refractivity contribution in [3.05, 3.63) is 20.8 Å². The van der Waals surface area contributed by atoms with Crippen LogP contribution in [0.2, 0.25) is 0 Å². The molecule has 1 heterocycles. The molecule has 72 valence electrons. The van der Waals surface area contributed by atoms with E-state index in [0.717, 1.165) is 4.47 Å². The zero-order valence-electron chi connectivity index (χ0n) is 7.21. The monoisotopic (exact) mass is 262 g/mol. The van der Waals surface area contributed by atoms with Crippen LogP contribution in [-0.2, 0) is 0 Å². The third kappa shape index (κ3) is 3.10. The van der Waals surface area contributed by atoms with Crippen LogP contribution in [-0.4, -0.2) is 18.5 Å². The van der Waals surface area contributed by atoms with Crippen LogP contribution in [0.15, 0.2) is 15.9 Å². The smallest absolute Gasteiger partial charge is 0.261 e. The Kier molecular flexibility index (Phi) is 3.90. The summed E-state index contributed by atoms with van der Waals surface area (Å²) in [4.78, 5) is 12.2.